The van der Waals surface area contributed by atoms with Gasteiger partial charge in [-0.3, -0.25) is 9.59 Å². The molecule has 0 fully saturated rings. The van der Waals surface area contributed by atoms with Crippen molar-refractivity contribution >= 4 is 16.8 Å². The van der Waals surface area contributed by atoms with Crippen LogP contribution < -0.4 is 10.9 Å². The SMILES string of the molecule is CCC[C@H](C)NC(=O)c1nc2ccccc2c(=O)[nH]1. The molecule has 2 aromatic rings. The largest absolute Gasteiger partial charge is 0.347 e. The number of para-hydroxylation sites is 1. The van der Waals surface area contributed by atoms with Gasteiger partial charge in [0, 0.05) is 6.04 Å². The maximum atomic E-state index is 12.0. The average molecular weight is 259 g/mol. The van der Waals surface area contributed by atoms with Crippen LogP contribution in [-0.4, -0.2) is 21.9 Å². The quantitative estimate of drug-likeness (QED) is 0.879. The first-order valence-corrected chi connectivity index (χ1v) is 6.41. The van der Waals surface area contributed by atoms with Gasteiger partial charge in [-0.25, -0.2) is 4.98 Å². The zero-order valence-corrected chi connectivity index (χ0v) is 11.1. The normalized spacial score (nSPS) is 12.3. The van der Waals surface area contributed by atoms with Crippen molar-refractivity contribution in [3.63, 3.8) is 0 Å². The Hall–Kier alpha value is -2.17. The van der Waals surface area contributed by atoms with Crippen molar-refractivity contribution < 1.29 is 4.79 Å². The maximum absolute atomic E-state index is 12.0. The lowest BCUT2D eigenvalue weighted by molar-refractivity contribution is 0.0928. The first-order valence-electron chi connectivity index (χ1n) is 6.41. The molecule has 0 aliphatic heterocycles. The van der Waals surface area contributed by atoms with E-state index in [1.54, 1.807) is 24.3 Å². The summed E-state index contributed by atoms with van der Waals surface area (Å²) >= 11 is 0. The van der Waals surface area contributed by atoms with Crippen LogP contribution in [0.2, 0.25) is 0 Å². The first-order chi connectivity index (χ1) is 9.11. The van der Waals surface area contributed by atoms with Crippen molar-refractivity contribution in [3.05, 3.63) is 40.4 Å². The summed E-state index contributed by atoms with van der Waals surface area (Å²) in [6.07, 6.45) is 1.88. The second kappa shape index (κ2) is 5.65. The Balaban J connectivity index is 2.30. The molecule has 1 heterocycles. The maximum Gasteiger partial charge on any atom is 0.287 e. The monoisotopic (exact) mass is 259 g/mol. The third-order valence-electron chi connectivity index (χ3n) is 2.93. The van der Waals surface area contributed by atoms with Gasteiger partial charge in [0.25, 0.3) is 11.5 Å². The Morgan fingerprint density at radius 3 is 2.89 bits per heavy atom. The highest BCUT2D eigenvalue weighted by Gasteiger charge is 2.13. The van der Waals surface area contributed by atoms with Crippen LogP contribution in [0.15, 0.2) is 29.1 Å². The highest BCUT2D eigenvalue weighted by atomic mass is 16.2. The van der Waals surface area contributed by atoms with Crippen molar-refractivity contribution in [2.45, 2.75) is 32.7 Å². The van der Waals surface area contributed by atoms with Crippen LogP contribution >= 0.6 is 0 Å². The van der Waals surface area contributed by atoms with Crippen molar-refractivity contribution in [2.24, 2.45) is 0 Å². The van der Waals surface area contributed by atoms with Gasteiger partial charge in [-0.15, -0.1) is 0 Å². The summed E-state index contributed by atoms with van der Waals surface area (Å²) in [6, 6.07) is 7.02. The number of aromatic amines is 1. The lowest BCUT2D eigenvalue weighted by atomic mass is 10.2. The molecule has 1 atom stereocenters. The summed E-state index contributed by atoms with van der Waals surface area (Å²) in [6.45, 7) is 3.99. The smallest absolute Gasteiger partial charge is 0.287 e. The van der Waals surface area contributed by atoms with E-state index in [0.717, 1.165) is 12.8 Å². The van der Waals surface area contributed by atoms with Crippen molar-refractivity contribution in [2.75, 3.05) is 0 Å². The number of rotatable bonds is 4. The molecule has 1 amide bonds. The molecule has 0 spiro atoms. The van der Waals surface area contributed by atoms with Crippen molar-refractivity contribution in [3.8, 4) is 0 Å². The molecular weight excluding hydrogens is 242 g/mol. The fraction of sp³-hybridized carbons (Fsp3) is 0.357. The number of aromatic nitrogens is 2. The Morgan fingerprint density at radius 2 is 2.16 bits per heavy atom. The Kier molecular flexibility index (Phi) is 3.94. The van der Waals surface area contributed by atoms with Crippen LogP contribution in [-0.2, 0) is 0 Å². The van der Waals surface area contributed by atoms with Gasteiger partial charge in [0.1, 0.15) is 0 Å². The molecule has 0 saturated heterocycles. The zero-order valence-electron chi connectivity index (χ0n) is 11.1. The molecule has 1 aromatic carbocycles. The summed E-state index contributed by atoms with van der Waals surface area (Å²) < 4.78 is 0. The predicted molar refractivity (Wildman–Crippen MR) is 74.2 cm³/mol. The van der Waals surface area contributed by atoms with Crippen LogP contribution in [0, 0.1) is 0 Å². The second-order valence-electron chi connectivity index (χ2n) is 4.59. The van der Waals surface area contributed by atoms with Gasteiger partial charge < -0.3 is 10.3 Å². The van der Waals surface area contributed by atoms with Crippen LogP contribution in [0.4, 0.5) is 0 Å². The van der Waals surface area contributed by atoms with Gasteiger partial charge in [-0.1, -0.05) is 25.5 Å². The van der Waals surface area contributed by atoms with Gasteiger partial charge in [0.05, 0.1) is 10.9 Å². The zero-order chi connectivity index (χ0) is 13.8. The van der Waals surface area contributed by atoms with E-state index in [-0.39, 0.29) is 23.3 Å². The minimum Gasteiger partial charge on any atom is -0.347 e. The van der Waals surface area contributed by atoms with E-state index >= 15 is 0 Å². The van der Waals surface area contributed by atoms with E-state index < -0.39 is 0 Å². The van der Waals surface area contributed by atoms with E-state index in [2.05, 4.69) is 22.2 Å². The number of carbonyl (C=O) groups is 1. The predicted octanol–water partition coefficient (Wildman–Crippen LogP) is 1.84. The highest BCUT2D eigenvalue weighted by molar-refractivity contribution is 5.92. The van der Waals surface area contributed by atoms with E-state index in [1.165, 1.54) is 0 Å². The molecule has 0 saturated carbocycles. The molecule has 2 N–H and O–H groups in total. The minimum atomic E-state index is -0.344. The lowest BCUT2D eigenvalue weighted by Crippen LogP contribution is -2.34. The van der Waals surface area contributed by atoms with Gasteiger partial charge in [0.15, 0.2) is 5.82 Å². The second-order valence-corrected chi connectivity index (χ2v) is 4.59. The van der Waals surface area contributed by atoms with E-state index in [1.807, 2.05) is 6.92 Å². The molecule has 5 nitrogen and oxygen atoms in total. The molecule has 0 bridgehead atoms. The number of carbonyl (C=O) groups excluding carboxylic acids is 1. The molecule has 100 valence electrons. The average Bonchev–Trinajstić information content (AvgIpc) is 2.39. The molecule has 0 radical (unpaired) electrons. The van der Waals surface area contributed by atoms with E-state index in [4.69, 9.17) is 0 Å². The Labute approximate surface area is 111 Å². The van der Waals surface area contributed by atoms with Gasteiger partial charge in [-0.05, 0) is 25.5 Å². The van der Waals surface area contributed by atoms with E-state index in [9.17, 15) is 9.59 Å². The number of hydrogen-bond acceptors (Lipinski definition) is 3. The summed E-state index contributed by atoms with van der Waals surface area (Å²) in [5.41, 5.74) is 0.235. The van der Waals surface area contributed by atoms with Crippen LogP contribution in [0.3, 0.4) is 0 Å². The molecule has 0 unspecified atom stereocenters. The minimum absolute atomic E-state index is 0.0617. The van der Waals surface area contributed by atoms with E-state index in [0.29, 0.717) is 10.9 Å². The molecular formula is C14H17N3O2. The number of benzene rings is 1. The lowest BCUT2D eigenvalue weighted by Gasteiger charge is -2.12. The van der Waals surface area contributed by atoms with Gasteiger partial charge >= 0.3 is 0 Å². The fourth-order valence-electron chi connectivity index (χ4n) is 1.99. The Morgan fingerprint density at radius 1 is 1.42 bits per heavy atom. The number of nitrogens with one attached hydrogen (secondary N) is 2. The third kappa shape index (κ3) is 2.99. The number of H-pyrrole nitrogens is 1. The highest BCUT2D eigenvalue weighted by Crippen LogP contribution is 2.06. The summed E-state index contributed by atoms with van der Waals surface area (Å²) in [5.74, 6) is -0.282. The van der Waals surface area contributed by atoms with Crippen LogP contribution in [0.25, 0.3) is 10.9 Å². The molecule has 0 aliphatic rings. The summed E-state index contributed by atoms with van der Waals surface area (Å²) in [4.78, 5) is 30.5. The van der Waals surface area contributed by atoms with Crippen molar-refractivity contribution in [1.29, 1.82) is 0 Å². The van der Waals surface area contributed by atoms with Crippen LogP contribution in [0.1, 0.15) is 37.3 Å². The molecule has 0 aliphatic carbocycles. The van der Waals surface area contributed by atoms with Crippen LogP contribution in [0.5, 0.6) is 0 Å². The molecule has 2 rings (SSSR count). The summed E-state index contributed by atoms with van der Waals surface area (Å²) in [5, 5.41) is 3.30. The first kappa shape index (κ1) is 13.3. The molecule has 19 heavy (non-hydrogen) atoms. The van der Waals surface area contributed by atoms with Gasteiger partial charge in [-0.2, -0.15) is 0 Å². The molecule has 1 aromatic heterocycles. The summed E-state index contributed by atoms with van der Waals surface area (Å²) in [7, 11) is 0. The fourth-order valence-corrected chi connectivity index (χ4v) is 1.99. The topological polar surface area (TPSA) is 74.8 Å². The number of fused-ring (bicyclic) bond motifs is 1. The van der Waals surface area contributed by atoms with Crippen molar-refractivity contribution in [1.82, 2.24) is 15.3 Å². The number of hydrogen-bond donors (Lipinski definition) is 2. The van der Waals surface area contributed by atoms with Gasteiger partial charge in [0.2, 0.25) is 0 Å². The third-order valence-corrected chi connectivity index (χ3v) is 2.93. The number of amides is 1. The Bertz CT molecular complexity index is 648. The number of nitrogens with zero attached hydrogens (tertiary/aromatic N) is 1. The molecule has 5 heteroatoms. The standard InChI is InChI=1S/C14H17N3O2/c1-3-6-9(2)15-14(19)12-16-11-8-5-4-7-10(11)13(18)17-12/h4-5,7-9H,3,6H2,1-2H3,(H,15,19)(H,16,17,18)/t9-/m0/s1.